The highest BCUT2D eigenvalue weighted by Gasteiger charge is 2.25. The molecule has 2 aromatic heterocycles. The van der Waals surface area contributed by atoms with Gasteiger partial charge in [0.05, 0.1) is 22.7 Å². The summed E-state index contributed by atoms with van der Waals surface area (Å²) in [6.45, 7) is 2.34. The standard InChI is InChI=1S/C21H17N5O3S/c1-2-29-16-10-4-3-9-15(16)25-20-19(26(27)28)21(24-13-23-20)30-17-11-5-7-14-8-6-12-22-18(14)17/h3-13H,2H2,1H3,(H,23,24,25). The molecule has 0 fully saturated rings. The molecular formula is C21H17N5O3S. The molecule has 0 saturated heterocycles. The van der Waals surface area contributed by atoms with Crippen LogP contribution in [0.5, 0.6) is 5.75 Å². The van der Waals surface area contributed by atoms with E-state index in [-0.39, 0.29) is 16.5 Å². The van der Waals surface area contributed by atoms with Gasteiger partial charge >= 0.3 is 5.69 Å². The fraction of sp³-hybridized carbons (Fsp3) is 0.0952. The Kier molecular flexibility index (Phi) is 5.71. The third-order valence-corrected chi connectivity index (χ3v) is 5.26. The number of hydrogen-bond donors (Lipinski definition) is 1. The van der Waals surface area contributed by atoms with Crippen LogP contribution >= 0.6 is 11.8 Å². The molecule has 0 saturated carbocycles. The van der Waals surface area contributed by atoms with Gasteiger partial charge in [-0.1, -0.05) is 42.1 Å². The van der Waals surface area contributed by atoms with Gasteiger partial charge in [-0.2, -0.15) is 0 Å². The first-order valence-electron chi connectivity index (χ1n) is 9.17. The smallest absolute Gasteiger partial charge is 0.343 e. The second-order valence-electron chi connectivity index (χ2n) is 6.12. The van der Waals surface area contributed by atoms with Gasteiger partial charge in [0, 0.05) is 16.5 Å². The number of nitrogens with zero attached hydrogens (tertiary/aromatic N) is 4. The van der Waals surface area contributed by atoms with E-state index >= 15 is 0 Å². The minimum Gasteiger partial charge on any atom is -0.492 e. The summed E-state index contributed by atoms with van der Waals surface area (Å²) in [5.41, 5.74) is 1.14. The molecule has 0 atom stereocenters. The number of benzene rings is 2. The molecule has 2 heterocycles. The van der Waals surface area contributed by atoms with E-state index < -0.39 is 4.92 Å². The lowest BCUT2D eigenvalue weighted by molar-refractivity contribution is -0.387. The van der Waals surface area contributed by atoms with Crippen LogP contribution in [-0.4, -0.2) is 26.5 Å². The molecule has 0 unspecified atom stereocenters. The number of nitrogens with one attached hydrogen (secondary N) is 1. The van der Waals surface area contributed by atoms with Crippen LogP contribution in [0, 0.1) is 10.1 Å². The van der Waals surface area contributed by atoms with Crippen molar-refractivity contribution in [3.05, 3.63) is 77.2 Å². The first kappa shape index (κ1) is 19.6. The van der Waals surface area contributed by atoms with Crippen LogP contribution in [0.4, 0.5) is 17.2 Å². The normalized spacial score (nSPS) is 10.7. The highest BCUT2D eigenvalue weighted by molar-refractivity contribution is 7.99. The number of anilines is 2. The molecule has 8 nitrogen and oxygen atoms in total. The molecule has 30 heavy (non-hydrogen) atoms. The zero-order chi connectivity index (χ0) is 20.9. The lowest BCUT2D eigenvalue weighted by Gasteiger charge is -2.12. The van der Waals surface area contributed by atoms with Crippen LogP contribution in [0.2, 0.25) is 0 Å². The van der Waals surface area contributed by atoms with Gasteiger partial charge in [0.2, 0.25) is 5.82 Å². The molecule has 9 heteroatoms. The number of aromatic nitrogens is 3. The van der Waals surface area contributed by atoms with Crippen LogP contribution in [0.15, 0.2) is 77.0 Å². The van der Waals surface area contributed by atoms with Gasteiger partial charge in [-0.3, -0.25) is 15.1 Å². The van der Waals surface area contributed by atoms with Crippen molar-refractivity contribution >= 4 is 39.9 Å². The van der Waals surface area contributed by atoms with Crippen molar-refractivity contribution in [2.75, 3.05) is 11.9 Å². The Morgan fingerprint density at radius 2 is 1.90 bits per heavy atom. The summed E-state index contributed by atoms with van der Waals surface area (Å²) in [5.74, 6) is 0.679. The number of pyridine rings is 1. The Morgan fingerprint density at radius 3 is 2.73 bits per heavy atom. The van der Waals surface area contributed by atoms with Crippen molar-refractivity contribution in [1.82, 2.24) is 15.0 Å². The number of fused-ring (bicyclic) bond motifs is 1. The number of ether oxygens (including phenoxy) is 1. The maximum atomic E-state index is 11.9. The first-order chi connectivity index (χ1) is 14.7. The van der Waals surface area contributed by atoms with Crippen LogP contribution in [0.3, 0.4) is 0 Å². The fourth-order valence-electron chi connectivity index (χ4n) is 2.93. The molecule has 0 radical (unpaired) electrons. The van der Waals surface area contributed by atoms with Gasteiger partial charge in [0.25, 0.3) is 0 Å². The maximum absolute atomic E-state index is 11.9. The molecule has 0 spiro atoms. The number of rotatable bonds is 7. The molecular weight excluding hydrogens is 402 g/mol. The van der Waals surface area contributed by atoms with Crippen molar-refractivity contribution < 1.29 is 9.66 Å². The zero-order valence-electron chi connectivity index (χ0n) is 16.0. The third-order valence-electron chi connectivity index (χ3n) is 4.21. The number of para-hydroxylation sites is 3. The fourth-order valence-corrected chi connectivity index (χ4v) is 3.92. The summed E-state index contributed by atoms with van der Waals surface area (Å²) in [4.78, 5) is 24.9. The molecule has 2 aromatic carbocycles. The maximum Gasteiger partial charge on any atom is 0.343 e. The predicted octanol–water partition coefficient (Wildman–Crippen LogP) is 5.23. The van der Waals surface area contributed by atoms with E-state index in [1.807, 2.05) is 49.4 Å². The van der Waals surface area contributed by atoms with E-state index in [2.05, 4.69) is 20.3 Å². The molecule has 0 aliphatic heterocycles. The monoisotopic (exact) mass is 419 g/mol. The van der Waals surface area contributed by atoms with E-state index in [1.165, 1.54) is 18.1 Å². The van der Waals surface area contributed by atoms with Gasteiger partial charge in [-0.05, 0) is 31.2 Å². The van der Waals surface area contributed by atoms with E-state index in [9.17, 15) is 10.1 Å². The molecule has 150 valence electrons. The van der Waals surface area contributed by atoms with Gasteiger partial charge in [-0.25, -0.2) is 9.97 Å². The summed E-state index contributed by atoms with van der Waals surface area (Å²) in [6, 6.07) is 16.7. The molecule has 4 rings (SSSR count). The minimum atomic E-state index is -0.480. The van der Waals surface area contributed by atoms with Crippen molar-refractivity contribution in [3.63, 3.8) is 0 Å². The topological polar surface area (TPSA) is 103 Å². The Labute approximate surface area is 176 Å². The van der Waals surface area contributed by atoms with Crippen LogP contribution in [0.25, 0.3) is 10.9 Å². The Balaban J connectivity index is 1.75. The number of nitro groups is 1. The van der Waals surface area contributed by atoms with Crippen LogP contribution < -0.4 is 10.1 Å². The van der Waals surface area contributed by atoms with E-state index in [0.29, 0.717) is 18.0 Å². The molecule has 0 aliphatic carbocycles. The van der Waals surface area contributed by atoms with Gasteiger partial charge < -0.3 is 10.1 Å². The summed E-state index contributed by atoms with van der Waals surface area (Å²) in [5, 5.41) is 16.1. The Bertz CT molecular complexity index is 1210. The van der Waals surface area contributed by atoms with Crippen LogP contribution in [0.1, 0.15) is 6.92 Å². The summed E-state index contributed by atoms with van der Waals surface area (Å²) in [7, 11) is 0. The highest BCUT2D eigenvalue weighted by atomic mass is 32.2. The SMILES string of the molecule is CCOc1ccccc1Nc1ncnc(Sc2cccc3cccnc23)c1[N+](=O)[O-]. The molecule has 1 N–H and O–H groups in total. The highest BCUT2D eigenvalue weighted by Crippen LogP contribution is 2.40. The van der Waals surface area contributed by atoms with Gasteiger partial charge in [-0.15, -0.1) is 0 Å². The van der Waals surface area contributed by atoms with E-state index in [0.717, 1.165) is 15.8 Å². The van der Waals surface area contributed by atoms with Crippen molar-refractivity contribution in [2.24, 2.45) is 0 Å². The van der Waals surface area contributed by atoms with Crippen molar-refractivity contribution in [3.8, 4) is 5.75 Å². The van der Waals surface area contributed by atoms with Gasteiger partial charge in [0.15, 0.2) is 5.03 Å². The largest absolute Gasteiger partial charge is 0.492 e. The van der Waals surface area contributed by atoms with Crippen molar-refractivity contribution in [2.45, 2.75) is 16.8 Å². The quantitative estimate of drug-likeness (QED) is 0.247. The Hall–Kier alpha value is -3.72. The lowest BCUT2D eigenvalue weighted by atomic mass is 10.2. The first-order valence-corrected chi connectivity index (χ1v) is 9.99. The average Bonchev–Trinajstić information content (AvgIpc) is 2.75. The zero-order valence-corrected chi connectivity index (χ0v) is 16.8. The average molecular weight is 419 g/mol. The van der Waals surface area contributed by atoms with Gasteiger partial charge in [0.1, 0.15) is 12.1 Å². The van der Waals surface area contributed by atoms with Crippen LogP contribution in [-0.2, 0) is 0 Å². The molecule has 0 aliphatic rings. The summed E-state index contributed by atoms with van der Waals surface area (Å²) in [6.07, 6.45) is 3.00. The second kappa shape index (κ2) is 8.75. The molecule has 0 amide bonds. The van der Waals surface area contributed by atoms with E-state index in [4.69, 9.17) is 4.74 Å². The Morgan fingerprint density at radius 1 is 1.07 bits per heavy atom. The minimum absolute atomic E-state index is 0.0952. The second-order valence-corrected chi connectivity index (χ2v) is 7.15. The third kappa shape index (κ3) is 4.01. The molecule has 0 bridgehead atoms. The summed E-state index contributed by atoms with van der Waals surface area (Å²) < 4.78 is 5.59. The predicted molar refractivity (Wildman–Crippen MR) is 115 cm³/mol. The molecule has 4 aromatic rings. The van der Waals surface area contributed by atoms with Crippen molar-refractivity contribution in [1.29, 1.82) is 0 Å². The lowest BCUT2D eigenvalue weighted by Crippen LogP contribution is -2.04. The summed E-state index contributed by atoms with van der Waals surface area (Å²) >= 11 is 1.18. The van der Waals surface area contributed by atoms with E-state index in [1.54, 1.807) is 18.3 Å². The number of hydrogen-bond acceptors (Lipinski definition) is 8.